The zero-order valence-electron chi connectivity index (χ0n) is 19.5. The van der Waals surface area contributed by atoms with Crippen LogP contribution in [-0.4, -0.2) is 84.4 Å². The van der Waals surface area contributed by atoms with E-state index in [-0.39, 0.29) is 5.82 Å². The van der Waals surface area contributed by atoms with E-state index in [1.54, 1.807) is 23.2 Å². The fourth-order valence-corrected chi connectivity index (χ4v) is 4.36. The molecule has 2 N–H and O–H groups in total. The van der Waals surface area contributed by atoms with Gasteiger partial charge in [-0.3, -0.25) is 4.79 Å². The molecule has 34 heavy (non-hydrogen) atoms. The Hall–Kier alpha value is -2.75. The predicted octanol–water partition coefficient (Wildman–Crippen LogP) is 4.32. The van der Waals surface area contributed by atoms with Gasteiger partial charge in [0.25, 0.3) is 0 Å². The Morgan fingerprint density at radius 1 is 1.09 bits per heavy atom. The molecule has 0 aliphatic carbocycles. The number of H-pyrrole nitrogens is 1. The quantitative estimate of drug-likeness (QED) is 0.493. The lowest BCUT2D eigenvalue weighted by Gasteiger charge is -2.29. The first-order valence-corrected chi connectivity index (χ1v) is 12.2. The Balaban J connectivity index is 0.000000257. The first-order valence-electron chi connectivity index (χ1n) is 11.4. The molecule has 2 aliphatic rings. The fourth-order valence-electron chi connectivity index (χ4n) is 3.98. The van der Waals surface area contributed by atoms with Gasteiger partial charge in [0.15, 0.2) is 0 Å². The van der Waals surface area contributed by atoms with E-state index in [1.807, 2.05) is 6.07 Å². The van der Waals surface area contributed by atoms with Gasteiger partial charge >= 0.3 is 0 Å². The van der Waals surface area contributed by atoms with Crippen LogP contribution >= 0.6 is 15.9 Å². The number of carbonyl (C=O) groups is 1. The SMILES string of the molecule is CN1CC=C(c2cc3c(Nc4ccc(F)c(Br)c4)ccnc3[nH]2)CC1.CN1CCN(C=O)CC1. The van der Waals surface area contributed by atoms with Crippen LogP contribution in [0.15, 0.2) is 47.1 Å². The van der Waals surface area contributed by atoms with Crippen LogP contribution < -0.4 is 5.32 Å². The van der Waals surface area contributed by atoms with E-state index in [4.69, 9.17) is 0 Å². The molecule has 2 aromatic heterocycles. The number of nitrogens with zero attached hydrogens (tertiary/aromatic N) is 4. The van der Waals surface area contributed by atoms with Crippen molar-refractivity contribution in [3.05, 3.63) is 58.6 Å². The monoisotopic (exact) mass is 528 g/mol. The minimum atomic E-state index is -0.274. The van der Waals surface area contributed by atoms with E-state index in [0.717, 1.165) is 80.2 Å². The lowest BCUT2D eigenvalue weighted by molar-refractivity contribution is -0.119. The lowest BCUT2D eigenvalue weighted by Crippen LogP contribution is -2.43. The summed E-state index contributed by atoms with van der Waals surface area (Å²) in [4.78, 5) is 24.4. The molecule has 1 aromatic carbocycles. The second-order valence-corrected chi connectivity index (χ2v) is 9.60. The van der Waals surface area contributed by atoms with Gasteiger partial charge in [-0.25, -0.2) is 9.37 Å². The summed E-state index contributed by atoms with van der Waals surface area (Å²) in [5, 5.41) is 4.38. The maximum atomic E-state index is 13.4. The van der Waals surface area contributed by atoms with Gasteiger partial charge in [-0.15, -0.1) is 0 Å². The summed E-state index contributed by atoms with van der Waals surface area (Å²) in [7, 11) is 4.20. The number of likely N-dealkylation sites (N-methyl/N-ethyl adjacent to an activating group) is 2. The zero-order valence-corrected chi connectivity index (χ0v) is 21.1. The van der Waals surface area contributed by atoms with Crippen LogP contribution in [0.25, 0.3) is 16.6 Å². The molecule has 1 saturated heterocycles. The molecular weight excluding hydrogens is 499 g/mol. The summed E-state index contributed by atoms with van der Waals surface area (Å²) >= 11 is 3.23. The molecule has 0 radical (unpaired) electrons. The van der Waals surface area contributed by atoms with E-state index in [1.165, 1.54) is 11.6 Å². The highest BCUT2D eigenvalue weighted by Crippen LogP contribution is 2.31. The smallest absolute Gasteiger partial charge is 0.209 e. The minimum absolute atomic E-state index is 0.274. The van der Waals surface area contributed by atoms with Gasteiger partial charge < -0.3 is 25.0 Å². The second-order valence-electron chi connectivity index (χ2n) is 8.74. The molecule has 0 spiro atoms. The van der Waals surface area contributed by atoms with Crippen molar-refractivity contribution in [1.29, 1.82) is 0 Å². The van der Waals surface area contributed by atoms with E-state index >= 15 is 0 Å². The molecule has 7 nitrogen and oxygen atoms in total. The maximum absolute atomic E-state index is 13.4. The largest absolute Gasteiger partial charge is 0.355 e. The molecule has 0 saturated carbocycles. The van der Waals surface area contributed by atoms with Crippen LogP contribution in [0.1, 0.15) is 12.1 Å². The van der Waals surface area contributed by atoms with Gasteiger partial charge in [-0.2, -0.15) is 0 Å². The zero-order chi connectivity index (χ0) is 24.1. The lowest BCUT2D eigenvalue weighted by atomic mass is 10.1. The first kappa shape index (κ1) is 24.4. The summed E-state index contributed by atoms with van der Waals surface area (Å²) in [5.74, 6) is -0.274. The number of halogens is 2. The Labute approximate surface area is 207 Å². The van der Waals surface area contributed by atoms with E-state index in [0.29, 0.717) is 4.47 Å². The molecule has 5 rings (SSSR count). The highest BCUT2D eigenvalue weighted by Gasteiger charge is 2.14. The Kier molecular flexibility index (Phi) is 7.97. The predicted molar refractivity (Wildman–Crippen MR) is 139 cm³/mol. The molecule has 0 atom stereocenters. The van der Waals surface area contributed by atoms with Crippen LogP contribution in [-0.2, 0) is 4.79 Å². The normalized spacial score (nSPS) is 17.2. The Morgan fingerprint density at radius 3 is 2.56 bits per heavy atom. The van der Waals surface area contributed by atoms with Crippen LogP contribution in [0.2, 0.25) is 0 Å². The summed E-state index contributed by atoms with van der Waals surface area (Å²) in [6, 6.07) is 8.96. The second kappa shape index (κ2) is 11.1. The molecule has 3 aromatic rings. The molecule has 9 heteroatoms. The highest BCUT2D eigenvalue weighted by molar-refractivity contribution is 9.10. The van der Waals surface area contributed by atoms with Crippen molar-refractivity contribution in [3.8, 4) is 0 Å². The fraction of sp³-hybridized carbons (Fsp3) is 0.360. The molecule has 0 bridgehead atoms. The number of hydrogen-bond acceptors (Lipinski definition) is 5. The van der Waals surface area contributed by atoms with Crippen LogP contribution in [0.4, 0.5) is 15.8 Å². The van der Waals surface area contributed by atoms with E-state index < -0.39 is 0 Å². The van der Waals surface area contributed by atoms with Crippen molar-refractivity contribution >= 4 is 50.3 Å². The molecular formula is C25H30BrFN6O. The summed E-state index contributed by atoms with van der Waals surface area (Å²) < 4.78 is 13.9. The number of benzene rings is 1. The third kappa shape index (κ3) is 6.02. The third-order valence-corrected chi connectivity index (χ3v) is 6.78. The highest BCUT2D eigenvalue weighted by atomic mass is 79.9. The molecule has 2 aliphatic heterocycles. The average molecular weight is 529 g/mol. The molecule has 0 unspecified atom stereocenters. The molecule has 1 fully saturated rings. The third-order valence-electron chi connectivity index (χ3n) is 6.18. The number of fused-ring (bicyclic) bond motifs is 1. The summed E-state index contributed by atoms with van der Waals surface area (Å²) in [6.45, 7) is 5.83. The number of anilines is 2. The number of amides is 1. The van der Waals surface area contributed by atoms with Crippen LogP contribution in [0, 0.1) is 5.82 Å². The van der Waals surface area contributed by atoms with Crippen molar-refractivity contribution < 1.29 is 9.18 Å². The number of piperazine rings is 1. The standard InChI is InChI=1S/C19H18BrFN4.C6H12N2O/c1-25-8-5-12(6-9-25)18-11-14-17(4-7-22-19(14)24-18)23-13-2-3-16(21)15(20)10-13;1-7-2-4-8(6-9)5-3-7/h2-5,7,10-11H,6,8-9H2,1H3,(H2,22,23,24);6H,2-5H2,1H3. The van der Waals surface area contributed by atoms with Gasteiger partial charge in [-0.05, 0) is 72.4 Å². The Bertz CT molecular complexity index is 1170. The number of aromatic amines is 1. The molecule has 180 valence electrons. The number of nitrogens with one attached hydrogen (secondary N) is 2. The van der Waals surface area contributed by atoms with Crippen LogP contribution in [0.5, 0.6) is 0 Å². The number of carbonyl (C=O) groups excluding carboxylic acids is 1. The minimum Gasteiger partial charge on any atom is -0.355 e. The van der Waals surface area contributed by atoms with Gasteiger partial charge in [0.05, 0.1) is 10.2 Å². The van der Waals surface area contributed by atoms with Crippen LogP contribution in [0.3, 0.4) is 0 Å². The summed E-state index contributed by atoms with van der Waals surface area (Å²) in [6.07, 6.45) is 5.98. The average Bonchev–Trinajstić information content (AvgIpc) is 3.28. The molecule has 4 heterocycles. The molecule has 1 amide bonds. The van der Waals surface area contributed by atoms with Gasteiger partial charge in [-0.1, -0.05) is 6.08 Å². The number of aromatic nitrogens is 2. The Morgan fingerprint density at radius 2 is 1.88 bits per heavy atom. The van der Waals surface area contributed by atoms with E-state index in [9.17, 15) is 9.18 Å². The topological polar surface area (TPSA) is 67.5 Å². The maximum Gasteiger partial charge on any atom is 0.209 e. The number of pyridine rings is 1. The summed E-state index contributed by atoms with van der Waals surface area (Å²) in [5.41, 5.74) is 5.05. The van der Waals surface area contributed by atoms with Gasteiger partial charge in [0, 0.05) is 62.2 Å². The van der Waals surface area contributed by atoms with Crippen molar-refractivity contribution in [2.45, 2.75) is 6.42 Å². The van der Waals surface area contributed by atoms with Crippen molar-refractivity contribution in [3.63, 3.8) is 0 Å². The van der Waals surface area contributed by atoms with Crippen molar-refractivity contribution in [2.24, 2.45) is 0 Å². The number of rotatable bonds is 4. The van der Waals surface area contributed by atoms with Gasteiger partial charge in [0.1, 0.15) is 11.5 Å². The van der Waals surface area contributed by atoms with Gasteiger partial charge in [0.2, 0.25) is 6.41 Å². The first-order chi connectivity index (χ1) is 16.4. The van der Waals surface area contributed by atoms with Crippen molar-refractivity contribution in [2.75, 3.05) is 58.7 Å². The number of hydrogen-bond donors (Lipinski definition) is 2. The van der Waals surface area contributed by atoms with Crippen molar-refractivity contribution in [1.82, 2.24) is 24.7 Å². The van der Waals surface area contributed by atoms with E-state index in [2.05, 4.69) is 67.3 Å².